The van der Waals surface area contributed by atoms with E-state index in [4.69, 9.17) is 5.26 Å². The van der Waals surface area contributed by atoms with Crippen LogP contribution in [0.1, 0.15) is 39.0 Å². The SMILES string of the molecule is CC[C@H]1CCCC[C@H]1NC(=O)CSCC#N. The lowest BCUT2D eigenvalue weighted by atomic mass is 9.83. The number of thioether (sulfide) groups is 1. The van der Waals surface area contributed by atoms with Gasteiger partial charge in [0.2, 0.25) is 5.91 Å². The molecule has 0 radical (unpaired) electrons. The molecule has 0 heterocycles. The smallest absolute Gasteiger partial charge is 0.230 e. The summed E-state index contributed by atoms with van der Waals surface area (Å²) in [4.78, 5) is 11.6. The minimum atomic E-state index is 0.0885. The number of nitrogens with zero attached hydrogens (tertiary/aromatic N) is 1. The number of rotatable bonds is 5. The lowest BCUT2D eigenvalue weighted by molar-refractivity contribution is -0.119. The van der Waals surface area contributed by atoms with Crippen molar-refractivity contribution in [2.75, 3.05) is 11.5 Å². The Morgan fingerprint density at radius 2 is 2.25 bits per heavy atom. The van der Waals surface area contributed by atoms with Crippen molar-refractivity contribution in [2.24, 2.45) is 5.92 Å². The summed E-state index contributed by atoms with van der Waals surface area (Å²) >= 11 is 1.39. The second-order valence-electron chi connectivity index (χ2n) is 4.28. The summed E-state index contributed by atoms with van der Waals surface area (Å²) in [6.45, 7) is 2.19. The molecule has 1 rings (SSSR count). The Bertz CT molecular complexity index is 262. The molecule has 1 N–H and O–H groups in total. The van der Waals surface area contributed by atoms with Crippen LogP contribution < -0.4 is 5.32 Å². The molecule has 1 fully saturated rings. The van der Waals surface area contributed by atoms with E-state index in [2.05, 4.69) is 12.2 Å². The summed E-state index contributed by atoms with van der Waals surface area (Å²) in [5.74, 6) is 1.56. The number of amides is 1. The van der Waals surface area contributed by atoms with Gasteiger partial charge >= 0.3 is 0 Å². The van der Waals surface area contributed by atoms with Gasteiger partial charge in [-0.2, -0.15) is 5.26 Å². The van der Waals surface area contributed by atoms with Crippen LogP contribution in [0.4, 0.5) is 0 Å². The molecule has 16 heavy (non-hydrogen) atoms. The second-order valence-corrected chi connectivity index (χ2v) is 5.26. The molecular weight excluding hydrogens is 220 g/mol. The number of hydrogen-bond donors (Lipinski definition) is 1. The quantitative estimate of drug-likeness (QED) is 0.750. The maximum Gasteiger partial charge on any atom is 0.230 e. The number of hydrogen-bond acceptors (Lipinski definition) is 3. The van der Waals surface area contributed by atoms with Crippen molar-refractivity contribution in [1.29, 1.82) is 5.26 Å². The highest BCUT2D eigenvalue weighted by Crippen LogP contribution is 2.26. The summed E-state index contributed by atoms with van der Waals surface area (Å²) < 4.78 is 0. The maximum absolute atomic E-state index is 11.6. The molecule has 3 nitrogen and oxygen atoms in total. The zero-order valence-corrected chi connectivity index (χ0v) is 10.7. The van der Waals surface area contributed by atoms with Crippen molar-refractivity contribution < 1.29 is 4.79 Å². The van der Waals surface area contributed by atoms with E-state index in [-0.39, 0.29) is 5.91 Å². The van der Waals surface area contributed by atoms with Crippen LogP contribution in [-0.2, 0) is 4.79 Å². The number of nitriles is 1. The molecule has 1 aliphatic carbocycles. The Morgan fingerprint density at radius 3 is 2.94 bits per heavy atom. The van der Waals surface area contributed by atoms with Gasteiger partial charge in [-0.05, 0) is 18.8 Å². The molecule has 0 spiro atoms. The zero-order chi connectivity index (χ0) is 11.8. The molecule has 1 saturated carbocycles. The van der Waals surface area contributed by atoms with E-state index in [1.165, 1.54) is 31.0 Å². The molecule has 0 unspecified atom stereocenters. The molecular formula is C12H20N2OS. The number of nitrogens with one attached hydrogen (secondary N) is 1. The molecule has 0 bridgehead atoms. The van der Waals surface area contributed by atoms with Gasteiger partial charge in [-0.3, -0.25) is 4.79 Å². The Kier molecular flexibility index (Phi) is 6.32. The third-order valence-electron chi connectivity index (χ3n) is 3.18. The molecule has 2 atom stereocenters. The highest BCUT2D eigenvalue weighted by molar-refractivity contribution is 8.00. The minimum Gasteiger partial charge on any atom is -0.352 e. The van der Waals surface area contributed by atoms with Gasteiger partial charge in [-0.15, -0.1) is 11.8 Å². The second kappa shape index (κ2) is 7.56. The molecule has 0 aromatic carbocycles. The van der Waals surface area contributed by atoms with Crippen LogP contribution in [-0.4, -0.2) is 23.5 Å². The Hall–Kier alpha value is -0.690. The molecule has 0 aromatic rings. The van der Waals surface area contributed by atoms with E-state index in [0.717, 1.165) is 12.8 Å². The minimum absolute atomic E-state index is 0.0885. The van der Waals surface area contributed by atoms with Crippen molar-refractivity contribution in [3.05, 3.63) is 0 Å². The Morgan fingerprint density at radius 1 is 1.50 bits per heavy atom. The standard InChI is InChI=1S/C12H20N2OS/c1-2-10-5-3-4-6-11(10)14-12(15)9-16-8-7-13/h10-11H,2-6,8-9H2,1H3,(H,14,15)/t10-,11+/m0/s1. The van der Waals surface area contributed by atoms with Crippen LogP contribution in [0.3, 0.4) is 0 Å². The fraction of sp³-hybridized carbons (Fsp3) is 0.833. The molecule has 1 amide bonds. The van der Waals surface area contributed by atoms with E-state index >= 15 is 0 Å². The van der Waals surface area contributed by atoms with Crippen molar-refractivity contribution in [3.63, 3.8) is 0 Å². The monoisotopic (exact) mass is 240 g/mol. The summed E-state index contributed by atoms with van der Waals surface area (Å²) in [6, 6.07) is 2.40. The summed E-state index contributed by atoms with van der Waals surface area (Å²) in [6.07, 6.45) is 6.04. The van der Waals surface area contributed by atoms with Crippen LogP contribution in [0.25, 0.3) is 0 Å². The molecule has 90 valence electrons. The first-order valence-electron chi connectivity index (χ1n) is 6.02. The van der Waals surface area contributed by atoms with Gasteiger partial charge in [0.25, 0.3) is 0 Å². The van der Waals surface area contributed by atoms with Gasteiger partial charge in [0.05, 0.1) is 17.6 Å². The van der Waals surface area contributed by atoms with Crippen LogP contribution in [0.2, 0.25) is 0 Å². The topological polar surface area (TPSA) is 52.9 Å². The van der Waals surface area contributed by atoms with Crippen molar-refractivity contribution >= 4 is 17.7 Å². The first-order chi connectivity index (χ1) is 7.77. The van der Waals surface area contributed by atoms with Gasteiger partial charge in [0, 0.05) is 6.04 Å². The number of carbonyl (C=O) groups is 1. The third-order valence-corrected chi connectivity index (χ3v) is 3.98. The van der Waals surface area contributed by atoms with Gasteiger partial charge in [-0.1, -0.05) is 26.2 Å². The third kappa shape index (κ3) is 4.44. The molecule has 0 aromatic heterocycles. The van der Waals surface area contributed by atoms with Crippen molar-refractivity contribution in [1.82, 2.24) is 5.32 Å². The fourth-order valence-corrected chi connectivity index (χ4v) is 2.79. The zero-order valence-electron chi connectivity index (χ0n) is 9.87. The van der Waals surface area contributed by atoms with Crippen LogP contribution in [0, 0.1) is 17.2 Å². The van der Waals surface area contributed by atoms with E-state index in [1.807, 2.05) is 6.07 Å². The van der Waals surface area contributed by atoms with Crippen molar-refractivity contribution in [2.45, 2.75) is 45.1 Å². The van der Waals surface area contributed by atoms with Crippen molar-refractivity contribution in [3.8, 4) is 6.07 Å². The summed E-state index contributed by atoms with van der Waals surface area (Å²) in [5.41, 5.74) is 0. The molecule has 1 aliphatic rings. The number of carbonyl (C=O) groups excluding carboxylic acids is 1. The highest BCUT2D eigenvalue weighted by Gasteiger charge is 2.24. The molecule has 4 heteroatoms. The average molecular weight is 240 g/mol. The lowest BCUT2D eigenvalue weighted by Gasteiger charge is -2.31. The van der Waals surface area contributed by atoms with Gasteiger partial charge in [0.1, 0.15) is 0 Å². The molecule has 0 aliphatic heterocycles. The van der Waals surface area contributed by atoms with Crippen LogP contribution in [0.15, 0.2) is 0 Å². The maximum atomic E-state index is 11.6. The first-order valence-corrected chi connectivity index (χ1v) is 7.17. The first kappa shape index (κ1) is 13.4. The summed E-state index contributed by atoms with van der Waals surface area (Å²) in [7, 11) is 0. The van der Waals surface area contributed by atoms with Crippen LogP contribution in [0.5, 0.6) is 0 Å². The highest BCUT2D eigenvalue weighted by atomic mass is 32.2. The van der Waals surface area contributed by atoms with E-state index in [0.29, 0.717) is 23.5 Å². The van der Waals surface area contributed by atoms with Gasteiger partial charge in [-0.25, -0.2) is 0 Å². The Balaban J connectivity index is 2.28. The molecule has 0 saturated heterocycles. The lowest BCUT2D eigenvalue weighted by Crippen LogP contribution is -2.42. The predicted molar refractivity (Wildman–Crippen MR) is 67.1 cm³/mol. The Labute approximate surface area is 102 Å². The predicted octanol–water partition coefficient (Wildman–Crippen LogP) is 2.33. The van der Waals surface area contributed by atoms with E-state index in [9.17, 15) is 4.79 Å². The average Bonchev–Trinajstić information content (AvgIpc) is 2.30. The fourth-order valence-electron chi connectivity index (χ4n) is 2.32. The summed E-state index contributed by atoms with van der Waals surface area (Å²) in [5, 5.41) is 11.5. The largest absolute Gasteiger partial charge is 0.352 e. The van der Waals surface area contributed by atoms with Gasteiger partial charge in [0.15, 0.2) is 0 Å². The van der Waals surface area contributed by atoms with Crippen LogP contribution >= 0.6 is 11.8 Å². The van der Waals surface area contributed by atoms with Gasteiger partial charge < -0.3 is 5.32 Å². The normalized spacial score (nSPS) is 24.8. The van der Waals surface area contributed by atoms with E-state index in [1.54, 1.807) is 0 Å². The van der Waals surface area contributed by atoms with E-state index < -0.39 is 0 Å².